The monoisotopic (exact) mass is 561 g/mol. The third kappa shape index (κ3) is 5.03. The van der Waals surface area contributed by atoms with Crippen LogP contribution < -0.4 is 9.64 Å². The van der Waals surface area contributed by atoms with Gasteiger partial charge in [-0.25, -0.2) is 4.98 Å². The number of anilines is 1. The van der Waals surface area contributed by atoms with Gasteiger partial charge in [0.25, 0.3) is 0 Å². The zero-order chi connectivity index (χ0) is 27.1. The van der Waals surface area contributed by atoms with Crippen molar-refractivity contribution in [3.05, 3.63) is 64.0 Å². The second-order valence-electron chi connectivity index (χ2n) is 10.9. The molecule has 6 rings (SSSR count). The molecule has 2 fully saturated rings. The number of hydrogen-bond acceptors (Lipinski definition) is 7. The first kappa shape index (κ1) is 25.9. The van der Waals surface area contributed by atoms with Gasteiger partial charge >= 0.3 is 0 Å². The van der Waals surface area contributed by atoms with Gasteiger partial charge in [0.1, 0.15) is 29.4 Å². The third-order valence-electron chi connectivity index (χ3n) is 7.65. The van der Waals surface area contributed by atoms with Crippen molar-refractivity contribution >= 4 is 39.9 Å². The van der Waals surface area contributed by atoms with Crippen molar-refractivity contribution in [1.29, 1.82) is 5.26 Å². The van der Waals surface area contributed by atoms with Crippen molar-refractivity contribution in [2.24, 2.45) is 5.41 Å². The molecule has 0 amide bonds. The van der Waals surface area contributed by atoms with Crippen LogP contribution >= 0.6 is 23.2 Å². The van der Waals surface area contributed by atoms with E-state index in [0.29, 0.717) is 32.6 Å². The minimum atomic E-state index is -0.389. The highest BCUT2D eigenvalue weighted by atomic mass is 35.5. The first-order chi connectivity index (χ1) is 18.8. The fourth-order valence-electron chi connectivity index (χ4n) is 5.89. The maximum Gasteiger partial charge on any atom is 0.146 e. The van der Waals surface area contributed by atoms with Crippen molar-refractivity contribution < 1.29 is 4.74 Å². The minimum absolute atomic E-state index is 0.230. The Morgan fingerprint density at radius 1 is 1.13 bits per heavy atom. The van der Waals surface area contributed by atoms with Crippen LogP contribution in [0.25, 0.3) is 22.2 Å². The topological polar surface area (TPSA) is 94.0 Å². The SMILES string of the molecule is C[C@@H](Oc1ccc2[nH]nc(-c3cnc(N4CC(C)(CN5CCCC5)C4)c(C#N)c3)c2c1)c1c(Cl)cncc1Cl. The van der Waals surface area contributed by atoms with E-state index in [4.69, 9.17) is 32.9 Å². The summed E-state index contributed by atoms with van der Waals surface area (Å²) in [5, 5.41) is 19.4. The van der Waals surface area contributed by atoms with Gasteiger partial charge in [-0.05, 0) is 57.1 Å². The van der Waals surface area contributed by atoms with E-state index >= 15 is 0 Å². The molecule has 0 saturated carbocycles. The van der Waals surface area contributed by atoms with Crippen LogP contribution in [0, 0.1) is 16.7 Å². The summed E-state index contributed by atoms with van der Waals surface area (Å²) in [6.45, 7) is 9.52. The number of likely N-dealkylation sites (tertiary alicyclic amines) is 1. The number of ether oxygens (including phenoxy) is 1. The molecule has 8 nitrogen and oxygen atoms in total. The summed E-state index contributed by atoms with van der Waals surface area (Å²) >= 11 is 12.6. The molecule has 2 aliphatic rings. The summed E-state index contributed by atoms with van der Waals surface area (Å²) in [7, 11) is 0. The van der Waals surface area contributed by atoms with Gasteiger partial charge in [-0.15, -0.1) is 0 Å². The molecule has 10 heteroatoms. The molecular formula is C29H29Cl2N7O. The molecule has 1 aromatic carbocycles. The number of nitriles is 1. The van der Waals surface area contributed by atoms with Crippen LogP contribution in [0.5, 0.6) is 5.75 Å². The van der Waals surface area contributed by atoms with Crippen molar-refractivity contribution in [2.75, 3.05) is 37.6 Å². The number of pyridine rings is 2. The van der Waals surface area contributed by atoms with Crippen molar-refractivity contribution in [3.63, 3.8) is 0 Å². The van der Waals surface area contributed by atoms with Crippen LogP contribution in [0.15, 0.2) is 42.9 Å². The van der Waals surface area contributed by atoms with Crippen LogP contribution in [0.3, 0.4) is 0 Å². The van der Waals surface area contributed by atoms with E-state index in [-0.39, 0.29) is 11.5 Å². The molecule has 2 aliphatic heterocycles. The summed E-state index contributed by atoms with van der Waals surface area (Å²) in [5.41, 5.74) is 3.80. The van der Waals surface area contributed by atoms with Gasteiger partial charge in [-0.3, -0.25) is 10.1 Å². The summed E-state index contributed by atoms with van der Waals surface area (Å²) in [6.07, 6.45) is 7.11. The number of aromatic nitrogens is 4. The smallest absolute Gasteiger partial charge is 0.146 e. The molecular weight excluding hydrogens is 533 g/mol. The average Bonchev–Trinajstić information content (AvgIpc) is 3.56. The quantitative estimate of drug-likeness (QED) is 0.284. The van der Waals surface area contributed by atoms with Crippen LogP contribution in [-0.4, -0.2) is 57.8 Å². The number of benzene rings is 1. The summed E-state index contributed by atoms with van der Waals surface area (Å²) in [4.78, 5) is 13.5. The zero-order valence-electron chi connectivity index (χ0n) is 21.9. The normalized spacial score (nSPS) is 17.7. The van der Waals surface area contributed by atoms with E-state index in [2.05, 4.69) is 38.0 Å². The highest BCUT2D eigenvalue weighted by Crippen LogP contribution is 2.38. The number of nitrogens with zero attached hydrogens (tertiary/aromatic N) is 6. The van der Waals surface area contributed by atoms with Crippen LogP contribution in [0.1, 0.15) is 43.9 Å². The van der Waals surface area contributed by atoms with Gasteiger partial charge in [-0.1, -0.05) is 30.1 Å². The van der Waals surface area contributed by atoms with E-state index in [0.717, 1.165) is 41.9 Å². The predicted octanol–water partition coefficient (Wildman–Crippen LogP) is 6.26. The van der Waals surface area contributed by atoms with Gasteiger partial charge in [0.05, 0.1) is 21.1 Å². The first-order valence-corrected chi connectivity index (χ1v) is 13.9. The van der Waals surface area contributed by atoms with E-state index in [1.165, 1.54) is 25.9 Å². The minimum Gasteiger partial charge on any atom is -0.486 e. The Morgan fingerprint density at radius 3 is 2.59 bits per heavy atom. The molecule has 200 valence electrons. The third-order valence-corrected chi connectivity index (χ3v) is 8.26. The second kappa shape index (κ2) is 10.3. The van der Waals surface area contributed by atoms with Gasteiger partial charge in [0, 0.05) is 60.2 Å². The van der Waals surface area contributed by atoms with Crippen LogP contribution in [0.4, 0.5) is 5.82 Å². The van der Waals surface area contributed by atoms with E-state index in [1.54, 1.807) is 18.6 Å². The Kier molecular flexibility index (Phi) is 6.84. The molecule has 0 radical (unpaired) electrons. The van der Waals surface area contributed by atoms with Gasteiger partial charge in [0.2, 0.25) is 0 Å². The highest BCUT2D eigenvalue weighted by Gasteiger charge is 2.41. The lowest BCUT2D eigenvalue weighted by atomic mass is 9.81. The number of H-pyrrole nitrogens is 1. The Morgan fingerprint density at radius 2 is 1.87 bits per heavy atom. The maximum absolute atomic E-state index is 9.98. The van der Waals surface area contributed by atoms with Crippen molar-refractivity contribution in [3.8, 4) is 23.1 Å². The second-order valence-corrected chi connectivity index (χ2v) is 11.7. The largest absolute Gasteiger partial charge is 0.486 e. The predicted molar refractivity (Wildman–Crippen MR) is 153 cm³/mol. The standard InChI is InChI=1S/C29H29Cl2N7O/c1-18(26-23(30)13-33-14-24(26)31)39-21-5-6-25-22(10-21)27(36-35-25)20-9-19(11-32)28(34-12-20)38-16-29(2,17-38)15-37-7-3-4-8-37/h5-6,9-10,12-14,18H,3-4,7-8,15-17H2,1-2H3,(H,35,36)/t18-/m1/s1. The number of aromatic amines is 1. The average molecular weight is 563 g/mol. The number of fused-ring (bicyclic) bond motifs is 1. The summed E-state index contributed by atoms with van der Waals surface area (Å²) < 4.78 is 6.20. The first-order valence-electron chi connectivity index (χ1n) is 13.1. The molecule has 5 heterocycles. The molecule has 0 aliphatic carbocycles. The summed E-state index contributed by atoms with van der Waals surface area (Å²) in [6, 6.07) is 9.94. The Labute approximate surface area is 237 Å². The molecule has 0 unspecified atom stereocenters. The molecule has 0 spiro atoms. The Hall–Kier alpha value is -3.38. The highest BCUT2D eigenvalue weighted by molar-refractivity contribution is 6.35. The molecule has 4 aromatic rings. The lowest BCUT2D eigenvalue weighted by Gasteiger charge is -2.50. The molecule has 0 bridgehead atoms. The van der Waals surface area contributed by atoms with Crippen molar-refractivity contribution in [1.82, 2.24) is 25.1 Å². The number of hydrogen-bond donors (Lipinski definition) is 1. The molecule has 1 atom stereocenters. The zero-order valence-corrected chi connectivity index (χ0v) is 23.4. The molecule has 39 heavy (non-hydrogen) atoms. The van der Waals surface area contributed by atoms with Crippen LogP contribution in [-0.2, 0) is 0 Å². The lowest BCUT2D eigenvalue weighted by molar-refractivity contribution is 0.151. The number of halogens is 2. The lowest BCUT2D eigenvalue weighted by Crippen LogP contribution is -2.59. The molecule has 2 saturated heterocycles. The Balaban J connectivity index is 1.23. The summed E-state index contributed by atoms with van der Waals surface area (Å²) in [5.74, 6) is 1.38. The van der Waals surface area contributed by atoms with Gasteiger partial charge in [-0.2, -0.15) is 10.4 Å². The van der Waals surface area contributed by atoms with Crippen molar-refractivity contribution in [2.45, 2.75) is 32.8 Å². The molecule has 1 N–H and O–H groups in total. The number of rotatable bonds is 7. The van der Waals surface area contributed by atoms with Crippen LogP contribution in [0.2, 0.25) is 10.0 Å². The Bertz CT molecular complexity index is 1550. The van der Waals surface area contributed by atoms with Gasteiger partial charge < -0.3 is 14.5 Å². The fourth-order valence-corrected chi connectivity index (χ4v) is 6.56. The number of nitrogens with one attached hydrogen (secondary N) is 1. The van der Waals surface area contributed by atoms with E-state index in [1.807, 2.05) is 31.2 Å². The maximum atomic E-state index is 9.98. The van der Waals surface area contributed by atoms with E-state index in [9.17, 15) is 5.26 Å². The van der Waals surface area contributed by atoms with Gasteiger partial charge in [0.15, 0.2) is 0 Å². The molecule has 3 aromatic heterocycles. The fraction of sp³-hybridized carbons (Fsp3) is 0.379. The van der Waals surface area contributed by atoms with E-state index < -0.39 is 0 Å².